The molecule has 0 unspecified atom stereocenters. The molecule has 0 aliphatic rings. The molecule has 0 bridgehead atoms. The molecule has 1 aromatic heterocycles. The summed E-state index contributed by atoms with van der Waals surface area (Å²) in [6, 6.07) is 5.94. The number of carboxylic acid groups (broad SMARTS) is 1. The van der Waals surface area contributed by atoms with Crippen LogP contribution in [0.5, 0.6) is 10.9 Å². The highest BCUT2D eigenvalue weighted by molar-refractivity contribution is 7.15. The van der Waals surface area contributed by atoms with E-state index < -0.39 is 5.97 Å². The van der Waals surface area contributed by atoms with E-state index in [1.807, 2.05) is 0 Å². The number of hydrogen-bond donors (Lipinski definition) is 1. The fourth-order valence-electron chi connectivity index (χ4n) is 1.20. The van der Waals surface area contributed by atoms with Crippen LogP contribution < -0.4 is 4.74 Å². The van der Waals surface area contributed by atoms with Gasteiger partial charge in [0.2, 0.25) is 0 Å². The Bertz CT molecular complexity index is 611. The maximum absolute atomic E-state index is 10.8. The molecule has 0 fully saturated rings. The molecule has 1 heterocycles. The molecule has 92 valence electrons. The van der Waals surface area contributed by atoms with E-state index in [0.717, 1.165) is 11.3 Å². The van der Waals surface area contributed by atoms with Crippen molar-refractivity contribution in [3.63, 3.8) is 0 Å². The number of aromatic carboxylic acids is 1. The molecule has 5 nitrogen and oxygen atoms in total. The van der Waals surface area contributed by atoms with Gasteiger partial charge in [-0.1, -0.05) is 29.0 Å². The number of aldehydes is 1. The molecule has 0 radical (unpaired) electrons. The number of nitrogens with zero attached hydrogens (tertiary/aromatic N) is 1. The van der Waals surface area contributed by atoms with E-state index in [-0.39, 0.29) is 20.8 Å². The highest BCUT2D eigenvalue weighted by atomic mass is 35.5. The summed E-state index contributed by atoms with van der Waals surface area (Å²) in [6.07, 6.45) is 0.584. The summed E-state index contributed by atoms with van der Waals surface area (Å²) in [4.78, 5) is 25.5. The Labute approximate surface area is 111 Å². The van der Waals surface area contributed by atoms with Crippen LogP contribution >= 0.6 is 22.9 Å². The number of hydrogen-bond acceptors (Lipinski definition) is 5. The summed E-state index contributed by atoms with van der Waals surface area (Å²) >= 11 is 6.67. The van der Waals surface area contributed by atoms with Crippen LogP contribution in [0.15, 0.2) is 24.3 Å². The number of rotatable bonds is 4. The first-order valence-corrected chi connectivity index (χ1v) is 5.92. The Kier molecular flexibility index (Phi) is 3.59. The van der Waals surface area contributed by atoms with E-state index in [1.54, 1.807) is 12.1 Å². The fraction of sp³-hybridized carbons (Fsp3) is 0. The molecule has 2 rings (SSSR count). The van der Waals surface area contributed by atoms with E-state index in [1.165, 1.54) is 12.1 Å². The Morgan fingerprint density at radius 1 is 1.50 bits per heavy atom. The van der Waals surface area contributed by atoms with Gasteiger partial charge in [0, 0.05) is 0 Å². The van der Waals surface area contributed by atoms with E-state index in [2.05, 4.69) is 4.98 Å². The van der Waals surface area contributed by atoms with Crippen LogP contribution in [0, 0.1) is 0 Å². The molecule has 18 heavy (non-hydrogen) atoms. The summed E-state index contributed by atoms with van der Waals surface area (Å²) in [5, 5.41) is 9.08. The monoisotopic (exact) mass is 283 g/mol. The number of benzene rings is 1. The van der Waals surface area contributed by atoms with Crippen molar-refractivity contribution in [1.82, 2.24) is 4.98 Å². The summed E-state index contributed by atoms with van der Waals surface area (Å²) in [5.41, 5.74) is 0.103. The van der Waals surface area contributed by atoms with Crippen LogP contribution in [-0.4, -0.2) is 22.3 Å². The van der Waals surface area contributed by atoms with Gasteiger partial charge in [0.25, 0.3) is 5.19 Å². The molecule has 7 heteroatoms. The number of carbonyl (C=O) groups is 2. The van der Waals surface area contributed by atoms with Crippen molar-refractivity contribution in [2.45, 2.75) is 0 Å². The lowest BCUT2D eigenvalue weighted by atomic mass is 10.2. The highest BCUT2D eigenvalue weighted by Gasteiger charge is 2.11. The zero-order valence-corrected chi connectivity index (χ0v) is 10.4. The van der Waals surface area contributed by atoms with Crippen molar-refractivity contribution in [3.8, 4) is 10.9 Å². The molecule has 0 atom stereocenters. The van der Waals surface area contributed by atoms with E-state index in [4.69, 9.17) is 21.4 Å². The third-order valence-electron chi connectivity index (χ3n) is 1.98. The van der Waals surface area contributed by atoms with Gasteiger partial charge in [0.15, 0.2) is 11.4 Å². The van der Waals surface area contributed by atoms with Crippen molar-refractivity contribution in [2.24, 2.45) is 0 Å². The van der Waals surface area contributed by atoms with Crippen molar-refractivity contribution >= 4 is 35.2 Å². The van der Waals surface area contributed by atoms with Gasteiger partial charge < -0.3 is 9.84 Å². The number of carbonyl (C=O) groups excluding carboxylic acids is 1. The largest absolute Gasteiger partial charge is 0.478 e. The number of ether oxygens (including phenoxy) is 1. The smallest absolute Gasteiger partial charge is 0.335 e. The molecule has 0 amide bonds. The predicted molar refractivity (Wildman–Crippen MR) is 66.0 cm³/mol. The lowest BCUT2D eigenvalue weighted by molar-refractivity contribution is 0.0696. The molecular formula is C11H6ClNO4S. The Morgan fingerprint density at radius 3 is 2.89 bits per heavy atom. The average Bonchev–Trinajstić information content (AvgIpc) is 2.69. The van der Waals surface area contributed by atoms with E-state index >= 15 is 0 Å². The van der Waals surface area contributed by atoms with Gasteiger partial charge >= 0.3 is 5.97 Å². The first-order chi connectivity index (χ1) is 8.60. The summed E-state index contributed by atoms with van der Waals surface area (Å²) in [5.74, 6) is -0.732. The zero-order chi connectivity index (χ0) is 13.1. The SMILES string of the molecule is O=Cc1sc(Oc2cccc(C(=O)O)c2)nc1Cl. The molecule has 2 aromatic rings. The van der Waals surface area contributed by atoms with Gasteiger partial charge in [-0.25, -0.2) is 4.79 Å². The number of aromatic nitrogens is 1. The maximum Gasteiger partial charge on any atom is 0.335 e. The highest BCUT2D eigenvalue weighted by Crippen LogP contribution is 2.31. The second-order valence-electron chi connectivity index (χ2n) is 3.19. The van der Waals surface area contributed by atoms with Gasteiger partial charge in [-0.3, -0.25) is 4.79 Å². The van der Waals surface area contributed by atoms with Crippen molar-refractivity contribution < 1.29 is 19.4 Å². The molecular weight excluding hydrogens is 278 g/mol. The Morgan fingerprint density at radius 2 is 2.28 bits per heavy atom. The second-order valence-corrected chi connectivity index (χ2v) is 4.54. The predicted octanol–water partition coefficient (Wildman–Crippen LogP) is 3.10. The van der Waals surface area contributed by atoms with Crippen molar-refractivity contribution in [3.05, 3.63) is 39.9 Å². The topological polar surface area (TPSA) is 76.5 Å². The zero-order valence-electron chi connectivity index (χ0n) is 8.79. The van der Waals surface area contributed by atoms with Gasteiger partial charge in [-0.15, -0.1) is 0 Å². The van der Waals surface area contributed by atoms with Crippen molar-refractivity contribution in [1.29, 1.82) is 0 Å². The summed E-state index contributed by atoms with van der Waals surface area (Å²) in [6.45, 7) is 0. The third-order valence-corrected chi connectivity index (χ3v) is 3.24. The van der Waals surface area contributed by atoms with Gasteiger partial charge in [-0.2, -0.15) is 4.98 Å². The van der Waals surface area contributed by atoms with E-state index in [9.17, 15) is 9.59 Å². The first-order valence-electron chi connectivity index (χ1n) is 4.73. The molecule has 0 spiro atoms. The second kappa shape index (κ2) is 5.16. The third kappa shape index (κ3) is 2.66. The van der Waals surface area contributed by atoms with Crippen LogP contribution in [0.2, 0.25) is 5.15 Å². The molecule has 1 aromatic carbocycles. The van der Waals surface area contributed by atoms with Gasteiger partial charge in [0.05, 0.1) is 5.56 Å². The van der Waals surface area contributed by atoms with Gasteiger partial charge in [-0.05, 0) is 18.2 Å². The summed E-state index contributed by atoms with van der Waals surface area (Å²) in [7, 11) is 0. The van der Waals surface area contributed by atoms with Gasteiger partial charge in [0.1, 0.15) is 10.6 Å². The summed E-state index contributed by atoms with van der Waals surface area (Å²) < 4.78 is 5.33. The minimum absolute atomic E-state index is 0.0689. The minimum Gasteiger partial charge on any atom is -0.478 e. The fourth-order valence-corrected chi connectivity index (χ4v) is 2.13. The molecule has 1 N–H and O–H groups in total. The Hall–Kier alpha value is -1.92. The van der Waals surface area contributed by atoms with Crippen molar-refractivity contribution in [2.75, 3.05) is 0 Å². The lowest BCUT2D eigenvalue weighted by Crippen LogP contribution is -1.95. The van der Waals surface area contributed by atoms with Crippen LogP contribution in [-0.2, 0) is 0 Å². The number of halogens is 1. The first kappa shape index (κ1) is 12.5. The van der Waals surface area contributed by atoms with Crippen LogP contribution in [0.4, 0.5) is 0 Å². The maximum atomic E-state index is 10.8. The molecule has 0 aliphatic heterocycles. The number of carboxylic acids is 1. The van der Waals surface area contributed by atoms with Crippen LogP contribution in [0.3, 0.4) is 0 Å². The molecule has 0 aliphatic carbocycles. The normalized spacial score (nSPS) is 10.1. The number of thiazole rings is 1. The minimum atomic E-state index is -1.05. The van der Waals surface area contributed by atoms with Crippen LogP contribution in [0.1, 0.15) is 20.0 Å². The lowest BCUT2D eigenvalue weighted by Gasteiger charge is -2.01. The molecule has 0 saturated carbocycles. The Balaban J connectivity index is 2.25. The quantitative estimate of drug-likeness (QED) is 0.873. The van der Waals surface area contributed by atoms with E-state index in [0.29, 0.717) is 12.0 Å². The molecule has 0 saturated heterocycles. The average molecular weight is 284 g/mol. The standard InChI is InChI=1S/C11H6ClNO4S/c12-9-8(5-14)18-11(13-9)17-7-3-1-2-6(4-7)10(15)16/h1-5H,(H,15,16). The van der Waals surface area contributed by atoms with Crippen LogP contribution in [0.25, 0.3) is 0 Å².